The van der Waals surface area contributed by atoms with Gasteiger partial charge in [-0.25, -0.2) is 0 Å². The Bertz CT molecular complexity index is 1010. The molecule has 6 heteroatoms. The standard InChI is InChI=1S/C28H38N2O4/c1-6-7-8-10-20(21-11-9-12-24-27(21)34-18-33-24)17-26(32)30-23-15-19(16-25(31)29-5)13-14-22(23)28(2,3)4/h9,11-15,20H,6-8,10,16-18H2,1-5H3,(H,29,31)(H,30,32). The maximum Gasteiger partial charge on any atom is 0.231 e. The number of fused-ring (bicyclic) bond motifs is 1. The first-order chi connectivity index (χ1) is 16.2. The fourth-order valence-electron chi connectivity index (χ4n) is 4.44. The summed E-state index contributed by atoms with van der Waals surface area (Å²) >= 11 is 0. The summed E-state index contributed by atoms with van der Waals surface area (Å²) in [7, 11) is 1.63. The van der Waals surface area contributed by atoms with Crippen LogP contribution in [0.15, 0.2) is 36.4 Å². The lowest BCUT2D eigenvalue weighted by Gasteiger charge is -2.25. The van der Waals surface area contributed by atoms with E-state index in [4.69, 9.17) is 9.47 Å². The zero-order chi connectivity index (χ0) is 24.7. The van der Waals surface area contributed by atoms with Crippen molar-refractivity contribution >= 4 is 17.5 Å². The van der Waals surface area contributed by atoms with Crippen LogP contribution >= 0.6 is 0 Å². The second kappa shape index (κ2) is 11.4. The third kappa shape index (κ3) is 6.52. The van der Waals surface area contributed by atoms with Gasteiger partial charge in [-0.1, -0.05) is 71.2 Å². The molecule has 1 heterocycles. The maximum absolute atomic E-state index is 13.3. The summed E-state index contributed by atoms with van der Waals surface area (Å²) in [6.07, 6.45) is 4.83. The summed E-state index contributed by atoms with van der Waals surface area (Å²) in [5, 5.41) is 5.82. The Kier molecular flexibility index (Phi) is 8.59. The number of amides is 2. The van der Waals surface area contributed by atoms with Gasteiger partial charge in [0.2, 0.25) is 18.6 Å². The van der Waals surface area contributed by atoms with E-state index in [1.807, 2.05) is 36.4 Å². The minimum absolute atomic E-state index is 0.0374. The molecule has 1 aliphatic rings. The number of nitrogens with one attached hydrogen (secondary N) is 2. The third-order valence-corrected chi connectivity index (χ3v) is 6.26. The minimum Gasteiger partial charge on any atom is -0.454 e. The number of para-hydroxylation sites is 1. The minimum atomic E-state index is -0.153. The highest BCUT2D eigenvalue weighted by atomic mass is 16.7. The molecule has 2 N–H and O–H groups in total. The summed E-state index contributed by atoms with van der Waals surface area (Å²) in [6.45, 7) is 8.75. The second-order valence-electron chi connectivity index (χ2n) is 10.0. The summed E-state index contributed by atoms with van der Waals surface area (Å²) in [5.41, 5.74) is 3.56. The topological polar surface area (TPSA) is 76.7 Å². The van der Waals surface area contributed by atoms with Crippen LogP contribution in [-0.4, -0.2) is 25.7 Å². The first-order valence-electron chi connectivity index (χ1n) is 12.2. The van der Waals surface area contributed by atoms with Crippen molar-refractivity contribution < 1.29 is 19.1 Å². The Morgan fingerprint density at radius 1 is 1.06 bits per heavy atom. The Balaban J connectivity index is 1.84. The van der Waals surface area contributed by atoms with Crippen molar-refractivity contribution in [3.63, 3.8) is 0 Å². The van der Waals surface area contributed by atoms with Crippen molar-refractivity contribution in [3.8, 4) is 11.5 Å². The number of carbonyl (C=O) groups is 2. The van der Waals surface area contributed by atoms with Crippen LogP contribution in [-0.2, 0) is 21.4 Å². The van der Waals surface area contributed by atoms with E-state index in [0.29, 0.717) is 6.42 Å². The Morgan fingerprint density at radius 3 is 2.56 bits per heavy atom. The van der Waals surface area contributed by atoms with Crippen molar-refractivity contribution in [2.75, 3.05) is 19.2 Å². The maximum atomic E-state index is 13.3. The van der Waals surface area contributed by atoms with Gasteiger partial charge in [-0.05, 0) is 41.0 Å². The second-order valence-corrected chi connectivity index (χ2v) is 10.0. The van der Waals surface area contributed by atoms with Gasteiger partial charge in [0.15, 0.2) is 11.5 Å². The van der Waals surface area contributed by atoms with Gasteiger partial charge in [-0.2, -0.15) is 0 Å². The lowest BCUT2D eigenvalue weighted by molar-refractivity contribution is -0.120. The smallest absolute Gasteiger partial charge is 0.231 e. The van der Waals surface area contributed by atoms with Crippen molar-refractivity contribution in [3.05, 3.63) is 53.1 Å². The van der Waals surface area contributed by atoms with Crippen molar-refractivity contribution in [2.24, 2.45) is 0 Å². The van der Waals surface area contributed by atoms with Crippen LogP contribution in [0.5, 0.6) is 11.5 Å². The van der Waals surface area contributed by atoms with Crippen LogP contribution in [0.1, 0.15) is 82.4 Å². The molecule has 2 aromatic carbocycles. The van der Waals surface area contributed by atoms with Crippen LogP contribution in [0.3, 0.4) is 0 Å². The zero-order valence-corrected chi connectivity index (χ0v) is 21.1. The predicted molar refractivity (Wildman–Crippen MR) is 136 cm³/mol. The quantitative estimate of drug-likeness (QED) is 0.441. The molecule has 2 amide bonds. The Labute approximate surface area is 203 Å². The van der Waals surface area contributed by atoms with Gasteiger partial charge in [-0.3, -0.25) is 9.59 Å². The monoisotopic (exact) mass is 466 g/mol. The van der Waals surface area contributed by atoms with E-state index < -0.39 is 0 Å². The third-order valence-electron chi connectivity index (χ3n) is 6.26. The largest absolute Gasteiger partial charge is 0.454 e. The lowest BCUT2D eigenvalue weighted by atomic mass is 9.84. The summed E-state index contributed by atoms with van der Waals surface area (Å²) in [4.78, 5) is 25.2. The highest BCUT2D eigenvalue weighted by molar-refractivity contribution is 5.92. The number of hydrogen-bond donors (Lipinski definition) is 2. The van der Waals surface area contributed by atoms with Gasteiger partial charge in [0.05, 0.1) is 6.42 Å². The fourth-order valence-corrected chi connectivity index (χ4v) is 4.44. The van der Waals surface area contributed by atoms with Crippen LogP contribution in [0, 0.1) is 0 Å². The molecule has 0 aromatic heterocycles. The van der Waals surface area contributed by atoms with E-state index in [-0.39, 0.29) is 36.4 Å². The Morgan fingerprint density at radius 2 is 1.85 bits per heavy atom. The molecule has 184 valence electrons. The van der Waals surface area contributed by atoms with Gasteiger partial charge in [0.25, 0.3) is 0 Å². The van der Waals surface area contributed by atoms with Gasteiger partial charge in [0, 0.05) is 24.7 Å². The number of anilines is 1. The van der Waals surface area contributed by atoms with Crippen molar-refractivity contribution in [1.29, 1.82) is 0 Å². The van der Waals surface area contributed by atoms with Crippen LogP contribution in [0.4, 0.5) is 5.69 Å². The molecule has 2 aromatic rings. The number of ether oxygens (including phenoxy) is 2. The Hall–Kier alpha value is -3.02. The molecule has 0 bridgehead atoms. The first kappa shape index (κ1) is 25.6. The van der Waals surface area contributed by atoms with Crippen molar-refractivity contribution in [1.82, 2.24) is 5.32 Å². The molecule has 0 spiro atoms. The average molecular weight is 467 g/mol. The summed E-state index contributed by atoms with van der Waals surface area (Å²) in [5.74, 6) is 1.45. The molecule has 6 nitrogen and oxygen atoms in total. The molecular formula is C28H38N2O4. The van der Waals surface area contributed by atoms with Gasteiger partial charge in [0.1, 0.15) is 0 Å². The number of likely N-dealkylation sites (N-methyl/N-ethyl adjacent to an activating group) is 1. The van der Waals surface area contributed by atoms with E-state index in [2.05, 4.69) is 38.3 Å². The van der Waals surface area contributed by atoms with E-state index in [1.54, 1.807) is 7.05 Å². The molecule has 0 fully saturated rings. The average Bonchev–Trinajstić information content (AvgIpc) is 3.27. The molecule has 0 radical (unpaired) electrons. The lowest BCUT2D eigenvalue weighted by Crippen LogP contribution is -2.22. The molecule has 1 aliphatic heterocycles. The molecule has 1 unspecified atom stereocenters. The molecule has 0 aliphatic carbocycles. The van der Waals surface area contributed by atoms with Gasteiger partial charge >= 0.3 is 0 Å². The van der Waals surface area contributed by atoms with E-state index in [9.17, 15) is 9.59 Å². The molecule has 1 atom stereocenters. The molecule has 0 saturated carbocycles. The van der Waals surface area contributed by atoms with E-state index in [1.165, 1.54) is 0 Å². The van der Waals surface area contributed by atoms with Crippen LogP contribution in [0.2, 0.25) is 0 Å². The molecule has 34 heavy (non-hydrogen) atoms. The van der Waals surface area contributed by atoms with Gasteiger partial charge < -0.3 is 20.1 Å². The van der Waals surface area contributed by atoms with E-state index in [0.717, 1.165) is 59.6 Å². The van der Waals surface area contributed by atoms with Crippen LogP contribution < -0.4 is 20.1 Å². The highest BCUT2D eigenvalue weighted by Gasteiger charge is 2.26. The number of rotatable bonds is 10. The number of hydrogen-bond acceptors (Lipinski definition) is 4. The first-order valence-corrected chi connectivity index (χ1v) is 12.2. The molecule has 0 saturated heterocycles. The van der Waals surface area contributed by atoms with Crippen molar-refractivity contribution in [2.45, 2.75) is 77.6 Å². The van der Waals surface area contributed by atoms with E-state index >= 15 is 0 Å². The fraction of sp³-hybridized carbons (Fsp3) is 0.500. The summed E-state index contributed by atoms with van der Waals surface area (Å²) < 4.78 is 11.3. The number of carbonyl (C=O) groups excluding carboxylic acids is 2. The SMILES string of the molecule is CCCCCC(CC(=O)Nc1cc(CC(=O)NC)ccc1C(C)(C)C)c1cccc2c1OCO2. The van der Waals surface area contributed by atoms with Gasteiger partial charge in [-0.15, -0.1) is 0 Å². The zero-order valence-electron chi connectivity index (χ0n) is 21.1. The van der Waals surface area contributed by atoms with Crippen LogP contribution in [0.25, 0.3) is 0 Å². The predicted octanol–water partition coefficient (Wildman–Crippen LogP) is 5.69. The number of benzene rings is 2. The molecule has 3 rings (SSSR count). The summed E-state index contributed by atoms with van der Waals surface area (Å²) in [6, 6.07) is 11.8. The molecular weight excluding hydrogens is 428 g/mol. The number of unbranched alkanes of at least 4 members (excludes halogenated alkanes) is 2. The normalized spacial score (nSPS) is 13.4. The highest BCUT2D eigenvalue weighted by Crippen LogP contribution is 2.42.